The maximum absolute atomic E-state index is 14.5. The van der Waals surface area contributed by atoms with Crippen molar-refractivity contribution in [3.8, 4) is 11.5 Å². The third-order valence-corrected chi connectivity index (χ3v) is 6.13. The standard InChI is InChI=1S/C26H22FN3O2/c27-21-13-17(26(29)31)9-10-22(21)32-23-14-30-25(20-8-4-3-7-19(20)23)24(28)18-11-15-5-1-2-6-16(15)12-18/h1-10,13-14,18,24H,11-12,28H2,(H2,29,31). The Morgan fingerprint density at radius 3 is 2.28 bits per heavy atom. The summed E-state index contributed by atoms with van der Waals surface area (Å²) in [6.45, 7) is 0. The van der Waals surface area contributed by atoms with Gasteiger partial charge < -0.3 is 16.2 Å². The Kier molecular flexibility index (Phi) is 5.07. The van der Waals surface area contributed by atoms with Crippen LogP contribution in [0.3, 0.4) is 0 Å². The first-order valence-corrected chi connectivity index (χ1v) is 10.5. The van der Waals surface area contributed by atoms with Crippen molar-refractivity contribution < 1.29 is 13.9 Å². The normalized spacial score (nSPS) is 14.3. The summed E-state index contributed by atoms with van der Waals surface area (Å²) in [5, 5.41) is 1.67. The largest absolute Gasteiger partial charge is 0.452 e. The molecule has 5 rings (SSSR count). The third-order valence-electron chi connectivity index (χ3n) is 6.13. The molecule has 1 aliphatic carbocycles. The first-order valence-electron chi connectivity index (χ1n) is 10.5. The topological polar surface area (TPSA) is 91.2 Å². The lowest BCUT2D eigenvalue weighted by Gasteiger charge is -2.21. The zero-order chi connectivity index (χ0) is 22.2. The molecule has 1 heterocycles. The van der Waals surface area contributed by atoms with Crippen LogP contribution in [0.2, 0.25) is 0 Å². The first-order chi connectivity index (χ1) is 15.5. The maximum atomic E-state index is 14.5. The number of halogens is 1. The molecule has 6 heteroatoms. The van der Waals surface area contributed by atoms with Crippen LogP contribution in [0.15, 0.2) is 72.9 Å². The second kappa shape index (κ2) is 8.05. The summed E-state index contributed by atoms with van der Waals surface area (Å²) in [4.78, 5) is 15.9. The van der Waals surface area contributed by atoms with Gasteiger partial charge in [0, 0.05) is 16.3 Å². The van der Waals surface area contributed by atoms with Crippen LogP contribution in [0.25, 0.3) is 10.8 Å². The van der Waals surface area contributed by atoms with E-state index in [1.54, 1.807) is 6.20 Å². The fourth-order valence-corrected chi connectivity index (χ4v) is 4.46. The van der Waals surface area contributed by atoms with Crippen molar-refractivity contribution >= 4 is 16.7 Å². The number of nitrogens with two attached hydrogens (primary N) is 2. The smallest absolute Gasteiger partial charge is 0.248 e. The Labute approximate surface area is 184 Å². The molecule has 0 bridgehead atoms. The van der Waals surface area contributed by atoms with Crippen molar-refractivity contribution in [2.75, 3.05) is 0 Å². The number of benzene rings is 3. The predicted octanol–water partition coefficient (Wildman–Crippen LogP) is 4.68. The summed E-state index contributed by atoms with van der Waals surface area (Å²) < 4.78 is 20.3. The highest BCUT2D eigenvalue weighted by Gasteiger charge is 2.29. The lowest BCUT2D eigenvalue weighted by molar-refractivity contribution is 0.1000. The van der Waals surface area contributed by atoms with Crippen molar-refractivity contribution in [3.05, 3.63) is 101 Å². The summed E-state index contributed by atoms with van der Waals surface area (Å²) >= 11 is 0. The van der Waals surface area contributed by atoms with Crippen molar-refractivity contribution in [3.63, 3.8) is 0 Å². The molecular formula is C26H22FN3O2. The molecule has 1 aliphatic rings. The molecule has 0 fully saturated rings. The lowest BCUT2D eigenvalue weighted by atomic mass is 9.92. The molecule has 32 heavy (non-hydrogen) atoms. The molecular weight excluding hydrogens is 405 g/mol. The number of hydrogen-bond donors (Lipinski definition) is 2. The molecule has 0 spiro atoms. The molecule has 1 amide bonds. The summed E-state index contributed by atoms with van der Waals surface area (Å²) in [7, 11) is 0. The van der Waals surface area contributed by atoms with Gasteiger partial charge in [-0.25, -0.2) is 4.39 Å². The summed E-state index contributed by atoms with van der Waals surface area (Å²) in [5.74, 6) is -0.707. The van der Waals surface area contributed by atoms with Gasteiger partial charge in [0.2, 0.25) is 5.91 Å². The number of rotatable bonds is 5. The van der Waals surface area contributed by atoms with Crippen molar-refractivity contribution in [1.82, 2.24) is 4.98 Å². The van der Waals surface area contributed by atoms with Gasteiger partial charge >= 0.3 is 0 Å². The van der Waals surface area contributed by atoms with Crippen LogP contribution in [0, 0.1) is 11.7 Å². The Bertz CT molecular complexity index is 1310. The average molecular weight is 427 g/mol. The van der Waals surface area contributed by atoms with Crippen molar-refractivity contribution in [2.45, 2.75) is 18.9 Å². The number of carbonyl (C=O) groups is 1. The van der Waals surface area contributed by atoms with E-state index in [4.69, 9.17) is 16.2 Å². The van der Waals surface area contributed by atoms with Crippen LogP contribution in [0.4, 0.5) is 4.39 Å². The monoisotopic (exact) mass is 427 g/mol. The molecule has 4 aromatic rings. The number of amides is 1. The predicted molar refractivity (Wildman–Crippen MR) is 121 cm³/mol. The summed E-state index contributed by atoms with van der Waals surface area (Å²) in [6, 6.07) is 19.7. The Morgan fingerprint density at radius 1 is 0.969 bits per heavy atom. The minimum atomic E-state index is -0.699. The van der Waals surface area contributed by atoms with Crippen molar-refractivity contribution in [1.29, 1.82) is 0 Å². The molecule has 0 aliphatic heterocycles. The van der Waals surface area contributed by atoms with Gasteiger partial charge in [-0.05, 0) is 48.1 Å². The molecule has 1 aromatic heterocycles. The zero-order valence-corrected chi connectivity index (χ0v) is 17.3. The molecule has 3 aromatic carbocycles. The molecule has 160 valence electrons. The minimum absolute atomic E-state index is 0.00903. The fourth-order valence-electron chi connectivity index (χ4n) is 4.46. The van der Waals surface area contributed by atoms with Gasteiger partial charge in [-0.2, -0.15) is 0 Å². The Morgan fingerprint density at radius 2 is 1.62 bits per heavy atom. The SMILES string of the molecule is NC(=O)c1ccc(Oc2cnc(C(N)C3Cc4ccccc4C3)c3ccccc23)c(F)c1. The summed E-state index contributed by atoms with van der Waals surface area (Å²) in [6.07, 6.45) is 3.42. The van der Waals surface area contributed by atoms with Gasteiger partial charge in [-0.15, -0.1) is 0 Å². The van der Waals surface area contributed by atoms with Crippen LogP contribution in [0.1, 0.15) is 33.2 Å². The molecule has 4 N–H and O–H groups in total. The second-order valence-electron chi connectivity index (χ2n) is 8.13. The minimum Gasteiger partial charge on any atom is -0.452 e. The van der Waals surface area contributed by atoms with E-state index in [1.165, 1.54) is 23.3 Å². The number of carbonyl (C=O) groups excluding carboxylic acids is 1. The number of pyridine rings is 1. The van der Waals surface area contributed by atoms with E-state index in [1.807, 2.05) is 24.3 Å². The zero-order valence-electron chi connectivity index (χ0n) is 17.3. The van der Waals surface area contributed by atoms with Gasteiger partial charge in [0.25, 0.3) is 0 Å². The fraction of sp³-hybridized carbons (Fsp3) is 0.154. The number of hydrogen-bond acceptors (Lipinski definition) is 4. The van der Waals surface area contributed by atoms with Gasteiger partial charge in [-0.3, -0.25) is 9.78 Å². The molecule has 1 atom stereocenters. The van der Waals surface area contributed by atoms with Gasteiger partial charge in [-0.1, -0.05) is 48.5 Å². The molecule has 5 nitrogen and oxygen atoms in total. The average Bonchev–Trinajstić information content (AvgIpc) is 3.24. The van der Waals surface area contributed by atoms with E-state index >= 15 is 0 Å². The number of nitrogens with zero attached hydrogens (tertiary/aromatic N) is 1. The second-order valence-corrected chi connectivity index (χ2v) is 8.13. The number of fused-ring (bicyclic) bond motifs is 2. The van der Waals surface area contributed by atoms with Gasteiger partial charge in [0.1, 0.15) is 0 Å². The Balaban J connectivity index is 1.48. The highest BCUT2D eigenvalue weighted by atomic mass is 19.1. The highest BCUT2D eigenvalue weighted by Crippen LogP contribution is 2.38. The van der Waals surface area contributed by atoms with Gasteiger partial charge in [0.15, 0.2) is 17.3 Å². The maximum Gasteiger partial charge on any atom is 0.248 e. The number of primary amides is 1. The van der Waals surface area contributed by atoms with E-state index in [0.717, 1.165) is 35.4 Å². The Hall–Kier alpha value is -3.77. The van der Waals surface area contributed by atoms with Crippen LogP contribution < -0.4 is 16.2 Å². The van der Waals surface area contributed by atoms with E-state index in [0.29, 0.717) is 5.75 Å². The van der Waals surface area contributed by atoms with E-state index in [2.05, 4.69) is 29.2 Å². The molecule has 0 saturated heterocycles. The van der Waals surface area contributed by atoms with Gasteiger partial charge in [0.05, 0.1) is 17.9 Å². The lowest BCUT2D eigenvalue weighted by Crippen LogP contribution is -2.23. The van der Waals surface area contributed by atoms with E-state index < -0.39 is 11.7 Å². The quantitative estimate of drug-likeness (QED) is 0.484. The molecule has 0 saturated carbocycles. The molecule has 1 unspecified atom stereocenters. The first kappa shape index (κ1) is 20.2. The number of aromatic nitrogens is 1. The highest BCUT2D eigenvalue weighted by molar-refractivity contribution is 5.93. The van der Waals surface area contributed by atoms with Crippen LogP contribution in [-0.4, -0.2) is 10.9 Å². The number of ether oxygens (including phenoxy) is 1. The molecule has 0 radical (unpaired) electrons. The third kappa shape index (κ3) is 3.59. The van der Waals surface area contributed by atoms with Crippen LogP contribution in [0.5, 0.6) is 11.5 Å². The van der Waals surface area contributed by atoms with Crippen LogP contribution in [-0.2, 0) is 12.8 Å². The van der Waals surface area contributed by atoms with Crippen molar-refractivity contribution in [2.24, 2.45) is 17.4 Å². The van der Waals surface area contributed by atoms with E-state index in [-0.39, 0.29) is 23.3 Å². The van der Waals surface area contributed by atoms with Crippen LogP contribution >= 0.6 is 0 Å². The summed E-state index contributed by atoms with van der Waals surface area (Å²) in [5.41, 5.74) is 15.5. The van der Waals surface area contributed by atoms with E-state index in [9.17, 15) is 9.18 Å².